The van der Waals surface area contributed by atoms with Gasteiger partial charge in [-0.3, -0.25) is 4.79 Å². The van der Waals surface area contributed by atoms with Crippen LogP contribution in [-0.2, 0) is 5.41 Å². The van der Waals surface area contributed by atoms with Crippen LogP contribution in [0.4, 0.5) is 18.9 Å². The van der Waals surface area contributed by atoms with Gasteiger partial charge in [0.1, 0.15) is 0 Å². The zero-order valence-electron chi connectivity index (χ0n) is 22.6. The highest BCUT2D eigenvalue weighted by Gasteiger charge is 2.46. The van der Waals surface area contributed by atoms with E-state index in [2.05, 4.69) is 41.8 Å². The average Bonchev–Trinajstić information content (AvgIpc) is 3.00. The number of halogens is 3. The molecule has 2 aromatic carbocycles. The van der Waals surface area contributed by atoms with Crippen molar-refractivity contribution in [2.45, 2.75) is 96.1 Å². The normalized spacial score (nSPS) is 18.1. The highest BCUT2D eigenvalue weighted by Crippen LogP contribution is 2.50. The summed E-state index contributed by atoms with van der Waals surface area (Å²) < 4.78 is 37.8. The maximum absolute atomic E-state index is 14.0. The number of benzene rings is 2. The predicted octanol–water partition coefficient (Wildman–Crippen LogP) is 8.29. The van der Waals surface area contributed by atoms with Gasteiger partial charge in [-0.1, -0.05) is 76.6 Å². The van der Waals surface area contributed by atoms with E-state index >= 15 is 0 Å². The minimum atomic E-state index is -4.08. The number of ketones is 1. The van der Waals surface area contributed by atoms with Crippen LogP contribution in [0.5, 0.6) is 0 Å². The van der Waals surface area contributed by atoms with Gasteiger partial charge in [-0.25, -0.2) is 0 Å². The first-order chi connectivity index (χ1) is 17.8. The van der Waals surface area contributed by atoms with Crippen LogP contribution in [0.25, 0.3) is 10.8 Å². The number of anilines is 1. The number of carbonyl (C=O) groups is 1. The molecule has 1 heterocycles. The van der Waals surface area contributed by atoms with Crippen LogP contribution in [0, 0.1) is 0 Å². The molecule has 0 radical (unpaired) electrons. The van der Waals surface area contributed by atoms with Gasteiger partial charge in [0.25, 0.3) is 0 Å². The molecular weight excluding hydrogens is 473 g/mol. The van der Waals surface area contributed by atoms with Crippen molar-refractivity contribution >= 4 is 22.2 Å². The minimum absolute atomic E-state index is 0.157. The minimum Gasteiger partial charge on any atom is -0.370 e. The molecular formula is C31H43F3N2O. The molecule has 37 heavy (non-hydrogen) atoms. The van der Waals surface area contributed by atoms with Gasteiger partial charge in [-0.15, -0.1) is 0 Å². The quantitative estimate of drug-likeness (QED) is 0.265. The lowest BCUT2D eigenvalue weighted by Crippen LogP contribution is -2.33. The summed E-state index contributed by atoms with van der Waals surface area (Å²) in [5.74, 6) is 0.309. The molecule has 0 N–H and O–H groups in total. The third-order valence-electron chi connectivity index (χ3n) is 8.49. The van der Waals surface area contributed by atoms with E-state index in [4.69, 9.17) is 0 Å². The summed E-state index contributed by atoms with van der Waals surface area (Å²) in [7, 11) is 0. The Morgan fingerprint density at radius 2 is 1.59 bits per heavy atom. The van der Waals surface area contributed by atoms with E-state index in [0.29, 0.717) is 12.3 Å². The lowest BCUT2D eigenvalue weighted by atomic mass is 9.72. The van der Waals surface area contributed by atoms with Crippen molar-refractivity contribution < 1.29 is 18.0 Å². The summed E-state index contributed by atoms with van der Waals surface area (Å²) >= 11 is 0. The van der Waals surface area contributed by atoms with Crippen molar-refractivity contribution in [3.8, 4) is 0 Å². The van der Waals surface area contributed by atoms with Gasteiger partial charge >= 0.3 is 6.18 Å². The fraction of sp³-hybridized carbons (Fsp3) is 0.645. The maximum atomic E-state index is 14.0. The number of hydrogen-bond acceptors (Lipinski definition) is 3. The smallest absolute Gasteiger partial charge is 0.370 e. The van der Waals surface area contributed by atoms with Crippen molar-refractivity contribution in [2.75, 3.05) is 37.6 Å². The van der Waals surface area contributed by atoms with E-state index in [1.165, 1.54) is 5.56 Å². The molecule has 0 unspecified atom stereocenters. The Morgan fingerprint density at radius 3 is 2.27 bits per heavy atom. The molecule has 0 aromatic heterocycles. The summed E-state index contributed by atoms with van der Waals surface area (Å²) in [6.45, 7) is 8.16. The molecule has 1 fully saturated rings. The first-order valence-corrected chi connectivity index (χ1v) is 14.5. The van der Waals surface area contributed by atoms with Crippen LogP contribution in [-0.4, -0.2) is 49.6 Å². The number of alkyl halides is 3. The highest BCUT2D eigenvalue weighted by atomic mass is 19.4. The summed E-state index contributed by atoms with van der Waals surface area (Å²) in [6, 6.07) is 10.7. The lowest BCUT2D eigenvalue weighted by molar-refractivity contribution is -0.136. The SMILES string of the molecule is CCCCCC1(CCCCC)C(=O)c2cccc3c(N4CCCN(CCCC(F)(F)F)CC4)ccc1c23. The number of carbonyl (C=O) groups excluding carboxylic acids is 1. The number of nitrogens with zero attached hydrogens (tertiary/aromatic N) is 2. The van der Waals surface area contributed by atoms with Gasteiger partial charge in [0.05, 0.1) is 5.41 Å². The van der Waals surface area contributed by atoms with Gasteiger partial charge in [0.2, 0.25) is 0 Å². The Balaban J connectivity index is 1.59. The van der Waals surface area contributed by atoms with Gasteiger partial charge in [0, 0.05) is 42.7 Å². The first-order valence-electron chi connectivity index (χ1n) is 14.5. The maximum Gasteiger partial charge on any atom is 0.389 e. The van der Waals surface area contributed by atoms with Crippen LogP contribution in [0.1, 0.15) is 100 Å². The van der Waals surface area contributed by atoms with Crippen molar-refractivity contribution in [1.82, 2.24) is 4.90 Å². The van der Waals surface area contributed by atoms with Gasteiger partial charge in [-0.2, -0.15) is 13.2 Å². The average molecular weight is 517 g/mol. The van der Waals surface area contributed by atoms with E-state index in [-0.39, 0.29) is 6.42 Å². The number of rotatable bonds is 12. The van der Waals surface area contributed by atoms with E-state index in [1.54, 1.807) is 0 Å². The largest absolute Gasteiger partial charge is 0.389 e. The molecule has 204 valence electrons. The molecule has 2 aliphatic rings. The standard InChI is InChI=1S/C31H43F3N2O/c1-3-5-7-16-30(17-8-6-4-2)26-14-15-27(24-12-9-13-25(28(24)26)29(30)37)36-21-11-20-35(22-23-36)19-10-18-31(32,33)34/h9,12-15H,3-8,10-11,16-23H2,1-2H3. The van der Waals surface area contributed by atoms with Crippen LogP contribution in [0.15, 0.2) is 30.3 Å². The van der Waals surface area contributed by atoms with Gasteiger partial charge in [0.15, 0.2) is 5.78 Å². The fourth-order valence-corrected chi connectivity index (χ4v) is 6.55. The molecule has 1 saturated heterocycles. The molecule has 3 nitrogen and oxygen atoms in total. The van der Waals surface area contributed by atoms with Gasteiger partial charge < -0.3 is 9.80 Å². The molecule has 0 amide bonds. The second-order valence-electron chi connectivity index (χ2n) is 11.1. The zero-order valence-corrected chi connectivity index (χ0v) is 22.6. The fourth-order valence-electron chi connectivity index (χ4n) is 6.55. The molecule has 0 saturated carbocycles. The first kappa shape index (κ1) is 27.9. The number of unbranched alkanes of at least 4 members (excludes halogenated alkanes) is 4. The summed E-state index contributed by atoms with van der Waals surface area (Å²) in [6.07, 6.45) is 4.84. The third-order valence-corrected chi connectivity index (χ3v) is 8.49. The van der Waals surface area contributed by atoms with Crippen molar-refractivity contribution in [2.24, 2.45) is 0 Å². The third kappa shape index (κ3) is 6.16. The molecule has 1 aliphatic carbocycles. The van der Waals surface area contributed by atoms with E-state index in [9.17, 15) is 18.0 Å². The molecule has 1 aliphatic heterocycles. The summed E-state index contributed by atoms with van der Waals surface area (Å²) in [4.78, 5) is 18.6. The topological polar surface area (TPSA) is 23.6 Å². The van der Waals surface area contributed by atoms with Crippen LogP contribution >= 0.6 is 0 Å². The summed E-state index contributed by atoms with van der Waals surface area (Å²) in [5.41, 5.74) is 2.86. The molecule has 0 bridgehead atoms. The van der Waals surface area contributed by atoms with E-state index in [0.717, 1.165) is 106 Å². The van der Waals surface area contributed by atoms with Gasteiger partial charge in [-0.05, 0) is 55.8 Å². The molecule has 6 heteroatoms. The second-order valence-corrected chi connectivity index (χ2v) is 11.1. The Bertz CT molecular complexity index is 1050. The molecule has 4 rings (SSSR count). The lowest BCUT2D eigenvalue weighted by Gasteiger charge is -2.30. The Labute approximate surface area is 220 Å². The van der Waals surface area contributed by atoms with Crippen LogP contribution in [0.2, 0.25) is 0 Å². The van der Waals surface area contributed by atoms with Crippen molar-refractivity contribution in [1.29, 1.82) is 0 Å². The van der Waals surface area contributed by atoms with Crippen LogP contribution in [0.3, 0.4) is 0 Å². The Kier molecular flexibility index (Phi) is 9.20. The zero-order chi connectivity index (χ0) is 26.5. The monoisotopic (exact) mass is 516 g/mol. The van der Waals surface area contributed by atoms with Crippen molar-refractivity contribution in [3.05, 3.63) is 41.5 Å². The summed E-state index contributed by atoms with van der Waals surface area (Å²) in [5, 5.41) is 2.30. The molecule has 0 atom stereocenters. The Hall–Kier alpha value is -2.08. The van der Waals surface area contributed by atoms with E-state index < -0.39 is 18.0 Å². The number of Topliss-reactive ketones (excluding diaryl/α,β-unsaturated/α-hetero) is 1. The van der Waals surface area contributed by atoms with E-state index in [1.807, 2.05) is 12.1 Å². The van der Waals surface area contributed by atoms with Crippen LogP contribution < -0.4 is 4.90 Å². The molecule has 2 aromatic rings. The number of hydrogen-bond donors (Lipinski definition) is 0. The second kappa shape index (κ2) is 12.2. The van der Waals surface area contributed by atoms with Crippen molar-refractivity contribution in [3.63, 3.8) is 0 Å². The predicted molar refractivity (Wildman–Crippen MR) is 147 cm³/mol. The molecule has 0 spiro atoms. The Morgan fingerprint density at radius 1 is 0.865 bits per heavy atom. The highest BCUT2D eigenvalue weighted by molar-refractivity contribution is 6.22.